The zero-order chi connectivity index (χ0) is 31.7. The van der Waals surface area contributed by atoms with Gasteiger partial charge >= 0.3 is 6.09 Å². The predicted octanol–water partition coefficient (Wildman–Crippen LogP) is 12.8. The van der Waals surface area contributed by atoms with Crippen LogP contribution < -0.4 is 5.32 Å². The van der Waals surface area contributed by atoms with Crippen LogP contribution in [0.3, 0.4) is 0 Å². The lowest BCUT2D eigenvalue weighted by molar-refractivity contribution is 0.0521. The normalized spacial score (nSPS) is 11.9. The fraction of sp³-hybridized carbons (Fsp3) is 0.974. The van der Waals surface area contributed by atoms with Crippen molar-refractivity contribution in [3.8, 4) is 0 Å². The lowest BCUT2D eigenvalue weighted by Crippen LogP contribution is -2.38. The zero-order valence-electron chi connectivity index (χ0n) is 30.4. The standard InChI is InChI=1S/C39H80N2O2/c1-6-8-10-12-14-16-18-20-22-24-26-28-30-32-35-41(37-34-40-38(42)43-39(3,4)5)36-33-31-29-27-25-23-21-19-17-15-13-11-9-7-2/h6-37H2,1-5H3,(H,40,42). The van der Waals surface area contributed by atoms with Gasteiger partial charge in [-0.2, -0.15) is 0 Å². The maximum Gasteiger partial charge on any atom is 0.407 e. The van der Waals surface area contributed by atoms with E-state index in [1.807, 2.05) is 20.8 Å². The van der Waals surface area contributed by atoms with Crippen LogP contribution in [0.25, 0.3) is 0 Å². The molecular formula is C39H80N2O2. The van der Waals surface area contributed by atoms with Crippen LogP contribution in [0.2, 0.25) is 0 Å². The smallest absolute Gasteiger partial charge is 0.407 e. The Morgan fingerprint density at radius 3 is 1.02 bits per heavy atom. The fourth-order valence-electron chi connectivity index (χ4n) is 6.03. The van der Waals surface area contributed by atoms with Crippen molar-refractivity contribution in [1.29, 1.82) is 0 Å². The van der Waals surface area contributed by atoms with Crippen LogP contribution in [0, 0.1) is 0 Å². The molecule has 4 heteroatoms. The highest BCUT2D eigenvalue weighted by molar-refractivity contribution is 5.67. The molecule has 43 heavy (non-hydrogen) atoms. The summed E-state index contributed by atoms with van der Waals surface area (Å²) in [6, 6.07) is 0. The van der Waals surface area contributed by atoms with Crippen molar-refractivity contribution in [3.63, 3.8) is 0 Å². The second-order valence-electron chi connectivity index (χ2n) is 14.5. The molecule has 0 atom stereocenters. The van der Waals surface area contributed by atoms with Gasteiger partial charge in [0.05, 0.1) is 0 Å². The zero-order valence-corrected chi connectivity index (χ0v) is 30.4. The number of rotatable bonds is 33. The molecule has 1 amide bonds. The molecule has 1 N–H and O–H groups in total. The summed E-state index contributed by atoms with van der Waals surface area (Å²) in [5.74, 6) is 0. The molecule has 0 rings (SSSR count). The quantitative estimate of drug-likeness (QED) is 0.0753. The second kappa shape index (κ2) is 32.6. The molecule has 0 saturated heterocycles. The summed E-state index contributed by atoms with van der Waals surface area (Å²) in [4.78, 5) is 14.7. The first-order chi connectivity index (χ1) is 20.9. The van der Waals surface area contributed by atoms with Gasteiger partial charge in [-0.15, -0.1) is 0 Å². The molecule has 0 aliphatic heterocycles. The van der Waals surface area contributed by atoms with Gasteiger partial charge in [-0.25, -0.2) is 4.79 Å². The Morgan fingerprint density at radius 2 is 0.744 bits per heavy atom. The van der Waals surface area contributed by atoms with E-state index >= 15 is 0 Å². The lowest BCUT2D eigenvalue weighted by Gasteiger charge is -2.24. The van der Waals surface area contributed by atoms with Crippen LogP contribution in [-0.2, 0) is 4.74 Å². The first kappa shape index (κ1) is 42.2. The number of nitrogens with one attached hydrogen (secondary N) is 1. The summed E-state index contributed by atoms with van der Waals surface area (Å²) < 4.78 is 5.42. The van der Waals surface area contributed by atoms with Crippen molar-refractivity contribution in [1.82, 2.24) is 10.2 Å². The fourth-order valence-corrected chi connectivity index (χ4v) is 6.03. The van der Waals surface area contributed by atoms with E-state index in [0.29, 0.717) is 6.54 Å². The molecule has 0 saturated carbocycles. The van der Waals surface area contributed by atoms with Crippen molar-refractivity contribution < 1.29 is 9.53 Å². The number of ether oxygens (including phenoxy) is 1. The van der Waals surface area contributed by atoms with Crippen molar-refractivity contribution >= 4 is 6.09 Å². The molecule has 0 aliphatic carbocycles. The van der Waals surface area contributed by atoms with Gasteiger partial charge in [0.15, 0.2) is 0 Å². The SMILES string of the molecule is CCCCCCCCCCCCCCCCN(CCCCCCCCCCCCCCCC)CCNC(=O)OC(C)(C)C. The van der Waals surface area contributed by atoms with Gasteiger partial charge in [0, 0.05) is 13.1 Å². The van der Waals surface area contributed by atoms with Gasteiger partial charge in [0.1, 0.15) is 5.60 Å². The Morgan fingerprint density at radius 1 is 0.465 bits per heavy atom. The van der Waals surface area contributed by atoms with Gasteiger partial charge in [-0.1, -0.05) is 181 Å². The highest BCUT2D eigenvalue weighted by Gasteiger charge is 2.16. The number of hydrogen-bond acceptors (Lipinski definition) is 3. The summed E-state index contributed by atoms with van der Waals surface area (Å²) >= 11 is 0. The maximum atomic E-state index is 12.1. The van der Waals surface area contributed by atoms with Crippen LogP contribution in [0.15, 0.2) is 0 Å². The number of unbranched alkanes of at least 4 members (excludes halogenated alkanes) is 26. The molecule has 0 aromatic heterocycles. The maximum absolute atomic E-state index is 12.1. The third-order valence-corrected chi connectivity index (χ3v) is 8.75. The van der Waals surface area contributed by atoms with Gasteiger partial charge < -0.3 is 15.0 Å². The second-order valence-corrected chi connectivity index (χ2v) is 14.5. The van der Waals surface area contributed by atoms with Gasteiger partial charge in [-0.05, 0) is 46.7 Å². The molecule has 0 radical (unpaired) electrons. The Kier molecular flexibility index (Phi) is 32.0. The summed E-state index contributed by atoms with van der Waals surface area (Å²) in [5, 5.41) is 2.97. The van der Waals surface area contributed by atoms with Gasteiger partial charge in [0.2, 0.25) is 0 Å². The van der Waals surface area contributed by atoms with Crippen LogP contribution in [-0.4, -0.2) is 42.8 Å². The number of carbonyl (C=O) groups excluding carboxylic acids is 1. The van der Waals surface area contributed by atoms with Crippen LogP contribution >= 0.6 is 0 Å². The van der Waals surface area contributed by atoms with Crippen molar-refractivity contribution in [2.75, 3.05) is 26.2 Å². The topological polar surface area (TPSA) is 41.6 Å². The highest BCUT2D eigenvalue weighted by Crippen LogP contribution is 2.15. The molecule has 0 aromatic carbocycles. The molecular weight excluding hydrogens is 528 g/mol. The number of carbonyl (C=O) groups is 1. The average molecular weight is 609 g/mol. The third kappa shape index (κ3) is 35.6. The van der Waals surface area contributed by atoms with E-state index in [0.717, 1.165) is 19.6 Å². The van der Waals surface area contributed by atoms with Crippen LogP contribution in [0.4, 0.5) is 4.79 Å². The number of nitrogens with zero attached hydrogens (tertiary/aromatic N) is 1. The monoisotopic (exact) mass is 609 g/mol. The van der Waals surface area contributed by atoms with Crippen molar-refractivity contribution in [2.45, 2.75) is 220 Å². The Bertz CT molecular complexity index is 528. The van der Waals surface area contributed by atoms with Gasteiger partial charge in [0.25, 0.3) is 0 Å². The van der Waals surface area contributed by atoms with E-state index < -0.39 is 5.60 Å². The Balaban J connectivity index is 3.94. The molecule has 0 spiro atoms. The van der Waals surface area contributed by atoms with E-state index in [-0.39, 0.29) is 6.09 Å². The van der Waals surface area contributed by atoms with Gasteiger partial charge in [-0.3, -0.25) is 0 Å². The minimum Gasteiger partial charge on any atom is -0.444 e. The van der Waals surface area contributed by atoms with E-state index in [1.54, 1.807) is 0 Å². The molecule has 258 valence electrons. The minimum atomic E-state index is -0.438. The molecule has 0 heterocycles. The summed E-state index contributed by atoms with van der Waals surface area (Å²) in [6.45, 7) is 14.3. The number of alkyl carbamates (subject to hydrolysis) is 1. The van der Waals surface area contributed by atoms with E-state index in [9.17, 15) is 4.79 Å². The highest BCUT2D eigenvalue weighted by atomic mass is 16.6. The van der Waals surface area contributed by atoms with Crippen molar-refractivity contribution in [3.05, 3.63) is 0 Å². The molecule has 0 aliphatic rings. The van der Waals surface area contributed by atoms with Crippen LogP contribution in [0.5, 0.6) is 0 Å². The van der Waals surface area contributed by atoms with Crippen LogP contribution in [0.1, 0.15) is 214 Å². The summed E-state index contributed by atoms with van der Waals surface area (Å²) in [7, 11) is 0. The molecule has 0 bridgehead atoms. The molecule has 4 nitrogen and oxygen atoms in total. The lowest BCUT2D eigenvalue weighted by atomic mass is 10.0. The molecule has 0 aromatic rings. The first-order valence-corrected chi connectivity index (χ1v) is 19.6. The Hall–Kier alpha value is -0.770. The third-order valence-electron chi connectivity index (χ3n) is 8.75. The minimum absolute atomic E-state index is 0.291. The molecule has 0 unspecified atom stereocenters. The number of hydrogen-bond donors (Lipinski definition) is 1. The largest absolute Gasteiger partial charge is 0.444 e. The summed E-state index contributed by atoms with van der Waals surface area (Å²) in [6.07, 6.45) is 39.0. The Labute approximate surface area is 271 Å². The van der Waals surface area contributed by atoms with E-state index in [1.165, 1.54) is 180 Å². The predicted molar refractivity (Wildman–Crippen MR) is 191 cm³/mol. The summed E-state index contributed by atoms with van der Waals surface area (Å²) in [5.41, 5.74) is -0.438. The number of amides is 1. The van der Waals surface area contributed by atoms with E-state index in [2.05, 4.69) is 24.1 Å². The first-order valence-electron chi connectivity index (χ1n) is 19.6. The van der Waals surface area contributed by atoms with E-state index in [4.69, 9.17) is 4.74 Å². The molecule has 0 fully saturated rings. The average Bonchev–Trinajstić information content (AvgIpc) is 2.96. The van der Waals surface area contributed by atoms with Crippen molar-refractivity contribution in [2.24, 2.45) is 0 Å².